The normalized spacial score (nSPS) is 9.60. The molecule has 0 bridgehead atoms. The van der Waals surface area contributed by atoms with Gasteiger partial charge in [0.15, 0.2) is 0 Å². The van der Waals surface area contributed by atoms with Crippen LogP contribution in [0.3, 0.4) is 0 Å². The van der Waals surface area contributed by atoms with Gasteiger partial charge in [-0.05, 0) is 46.6 Å². The lowest BCUT2D eigenvalue weighted by molar-refractivity contribution is 0.735. The number of unbranched alkanes of at least 4 members (excludes halogenated alkanes) is 1. The van der Waals surface area contributed by atoms with E-state index in [9.17, 15) is 0 Å². The molecule has 0 aromatic rings. The lowest BCUT2D eigenvalue weighted by Crippen LogP contribution is -1.97. The zero-order valence-corrected chi connectivity index (χ0v) is 7.41. The van der Waals surface area contributed by atoms with Crippen molar-refractivity contribution in [1.82, 2.24) is 0 Å². The fraction of sp³-hybridized carbons (Fsp3) is 0.778. The third-order valence-corrected chi connectivity index (χ3v) is 1.86. The molecular weight excluding hydrogens is 122 g/mol. The van der Waals surface area contributed by atoms with Crippen LogP contribution in [0.1, 0.15) is 40.0 Å². The van der Waals surface area contributed by atoms with Crippen molar-refractivity contribution in [2.45, 2.75) is 40.0 Å². The van der Waals surface area contributed by atoms with Gasteiger partial charge in [-0.25, -0.2) is 0 Å². The van der Waals surface area contributed by atoms with Crippen LogP contribution < -0.4 is 5.73 Å². The molecule has 0 amide bonds. The summed E-state index contributed by atoms with van der Waals surface area (Å²) in [6.45, 7) is 7.36. The molecule has 0 saturated carbocycles. The zero-order valence-electron chi connectivity index (χ0n) is 7.41. The fourth-order valence-corrected chi connectivity index (χ4v) is 0.785. The van der Waals surface area contributed by atoms with E-state index in [1.54, 1.807) is 0 Å². The van der Waals surface area contributed by atoms with Crippen LogP contribution in [-0.4, -0.2) is 6.54 Å². The average molecular weight is 141 g/mol. The van der Waals surface area contributed by atoms with E-state index in [1.807, 2.05) is 0 Å². The van der Waals surface area contributed by atoms with Crippen molar-refractivity contribution in [2.24, 2.45) is 5.73 Å². The molecule has 0 aliphatic rings. The Bertz CT molecular complexity index is 110. The van der Waals surface area contributed by atoms with Crippen LogP contribution in [0.4, 0.5) is 0 Å². The zero-order chi connectivity index (χ0) is 7.98. The number of nitrogens with two attached hydrogens (primary N) is 1. The summed E-state index contributed by atoms with van der Waals surface area (Å²) in [7, 11) is 0. The Kier molecular flexibility index (Phi) is 5.32. The van der Waals surface area contributed by atoms with Crippen LogP contribution in [0.15, 0.2) is 11.1 Å². The molecule has 0 unspecified atom stereocenters. The van der Waals surface area contributed by atoms with Crippen molar-refractivity contribution in [3.8, 4) is 0 Å². The molecule has 0 rings (SSSR count). The average Bonchev–Trinajstić information content (AvgIpc) is 1.88. The van der Waals surface area contributed by atoms with Crippen LogP contribution in [0.25, 0.3) is 0 Å². The van der Waals surface area contributed by atoms with Crippen molar-refractivity contribution >= 4 is 0 Å². The second-order valence-corrected chi connectivity index (χ2v) is 3.03. The molecule has 0 aromatic heterocycles. The molecular formula is C9H19N. The second-order valence-electron chi connectivity index (χ2n) is 3.03. The number of allylic oxidation sites excluding steroid dienone is 2. The second kappa shape index (κ2) is 5.48. The summed E-state index contributed by atoms with van der Waals surface area (Å²) in [5.41, 5.74) is 8.35. The SMILES string of the molecule is CC(C)=C(C)CCCCN. The minimum absolute atomic E-state index is 0.829. The predicted octanol–water partition coefficient (Wildman–Crippen LogP) is 2.47. The summed E-state index contributed by atoms with van der Waals surface area (Å²) in [6.07, 6.45) is 3.62. The van der Waals surface area contributed by atoms with Crippen molar-refractivity contribution in [2.75, 3.05) is 6.54 Å². The van der Waals surface area contributed by atoms with E-state index < -0.39 is 0 Å². The maximum Gasteiger partial charge on any atom is -0.00772 e. The quantitative estimate of drug-likeness (QED) is 0.472. The van der Waals surface area contributed by atoms with Crippen molar-refractivity contribution in [3.63, 3.8) is 0 Å². The highest BCUT2D eigenvalue weighted by atomic mass is 14.5. The Morgan fingerprint density at radius 2 is 1.70 bits per heavy atom. The van der Waals surface area contributed by atoms with Crippen LogP contribution in [0.2, 0.25) is 0 Å². The highest BCUT2D eigenvalue weighted by Crippen LogP contribution is 2.10. The van der Waals surface area contributed by atoms with Gasteiger partial charge in [-0.15, -0.1) is 0 Å². The molecule has 0 fully saturated rings. The molecule has 0 heterocycles. The van der Waals surface area contributed by atoms with Gasteiger partial charge >= 0.3 is 0 Å². The van der Waals surface area contributed by atoms with Crippen molar-refractivity contribution in [1.29, 1.82) is 0 Å². The van der Waals surface area contributed by atoms with Gasteiger partial charge in [0.1, 0.15) is 0 Å². The molecule has 10 heavy (non-hydrogen) atoms. The number of hydrogen-bond donors (Lipinski definition) is 1. The topological polar surface area (TPSA) is 26.0 Å². The molecule has 0 atom stereocenters. The van der Waals surface area contributed by atoms with Gasteiger partial charge < -0.3 is 5.73 Å². The number of hydrogen-bond acceptors (Lipinski definition) is 1. The van der Waals surface area contributed by atoms with E-state index in [0.29, 0.717) is 0 Å². The summed E-state index contributed by atoms with van der Waals surface area (Å²) in [6, 6.07) is 0. The monoisotopic (exact) mass is 141 g/mol. The molecule has 0 aliphatic carbocycles. The van der Waals surface area contributed by atoms with Crippen molar-refractivity contribution < 1.29 is 0 Å². The molecule has 0 aliphatic heterocycles. The van der Waals surface area contributed by atoms with Crippen LogP contribution in [-0.2, 0) is 0 Å². The van der Waals surface area contributed by atoms with Gasteiger partial charge in [0.05, 0.1) is 0 Å². The van der Waals surface area contributed by atoms with E-state index in [4.69, 9.17) is 5.73 Å². The van der Waals surface area contributed by atoms with E-state index in [-0.39, 0.29) is 0 Å². The Labute approximate surface area is 64.3 Å². The summed E-state index contributed by atoms with van der Waals surface area (Å²) in [4.78, 5) is 0. The molecule has 2 N–H and O–H groups in total. The summed E-state index contributed by atoms with van der Waals surface area (Å²) in [5.74, 6) is 0. The molecule has 60 valence electrons. The van der Waals surface area contributed by atoms with Crippen LogP contribution in [0, 0.1) is 0 Å². The first kappa shape index (κ1) is 9.70. The van der Waals surface area contributed by atoms with E-state index in [2.05, 4.69) is 20.8 Å². The molecule has 0 aromatic carbocycles. The molecule has 1 nitrogen and oxygen atoms in total. The standard InChI is InChI=1S/C9H19N/c1-8(2)9(3)6-4-5-7-10/h4-7,10H2,1-3H3. The maximum atomic E-state index is 5.37. The Morgan fingerprint density at radius 1 is 1.10 bits per heavy atom. The predicted molar refractivity (Wildman–Crippen MR) is 47.0 cm³/mol. The minimum Gasteiger partial charge on any atom is -0.330 e. The molecule has 1 heteroatoms. The van der Waals surface area contributed by atoms with E-state index >= 15 is 0 Å². The Hall–Kier alpha value is -0.300. The first-order valence-electron chi connectivity index (χ1n) is 4.01. The van der Waals surface area contributed by atoms with Crippen LogP contribution >= 0.6 is 0 Å². The first-order chi connectivity index (χ1) is 4.68. The minimum atomic E-state index is 0.829. The van der Waals surface area contributed by atoms with E-state index in [1.165, 1.54) is 24.0 Å². The maximum absolute atomic E-state index is 5.37. The third-order valence-electron chi connectivity index (χ3n) is 1.86. The lowest BCUT2D eigenvalue weighted by atomic mass is 10.1. The lowest BCUT2D eigenvalue weighted by Gasteiger charge is -2.01. The number of rotatable bonds is 4. The van der Waals surface area contributed by atoms with Crippen LogP contribution in [0.5, 0.6) is 0 Å². The largest absolute Gasteiger partial charge is 0.330 e. The molecule has 0 spiro atoms. The van der Waals surface area contributed by atoms with E-state index in [0.717, 1.165) is 13.0 Å². The smallest absolute Gasteiger partial charge is 0.00772 e. The molecule has 0 saturated heterocycles. The highest BCUT2D eigenvalue weighted by molar-refractivity contribution is 5.06. The van der Waals surface area contributed by atoms with Gasteiger partial charge in [0.25, 0.3) is 0 Å². The van der Waals surface area contributed by atoms with Crippen molar-refractivity contribution in [3.05, 3.63) is 11.1 Å². The van der Waals surface area contributed by atoms with Gasteiger partial charge in [-0.2, -0.15) is 0 Å². The Morgan fingerprint density at radius 3 is 2.10 bits per heavy atom. The Balaban J connectivity index is 3.40. The van der Waals surface area contributed by atoms with Gasteiger partial charge in [0.2, 0.25) is 0 Å². The first-order valence-corrected chi connectivity index (χ1v) is 4.01. The fourth-order valence-electron chi connectivity index (χ4n) is 0.785. The highest BCUT2D eigenvalue weighted by Gasteiger charge is 1.91. The van der Waals surface area contributed by atoms with Gasteiger partial charge in [-0.3, -0.25) is 0 Å². The summed E-state index contributed by atoms with van der Waals surface area (Å²) >= 11 is 0. The summed E-state index contributed by atoms with van der Waals surface area (Å²) < 4.78 is 0. The van der Waals surface area contributed by atoms with Gasteiger partial charge in [0, 0.05) is 0 Å². The molecule has 0 radical (unpaired) electrons. The summed E-state index contributed by atoms with van der Waals surface area (Å²) in [5, 5.41) is 0. The third kappa shape index (κ3) is 4.57. The van der Waals surface area contributed by atoms with Gasteiger partial charge in [-0.1, -0.05) is 11.1 Å².